The molecule has 0 bridgehead atoms. The van der Waals surface area contributed by atoms with Crippen molar-refractivity contribution >= 4 is 23.6 Å². The Hall–Kier alpha value is -2.90. The predicted octanol–water partition coefficient (Wildman–Crippen LogP) is 2.71. The van der Waals surface area contributed by atoms with Gasteiger partial charge in [0.2, 0.25) is 5.91 Å². The number of likely N-dealkylation sites (tertiary alicyclic amines) is 2. The summed E-state index contributed by atoms with van der Waals surface area (Å²) in [5.41, 5.74) is 6.87. The first-order valence-electron chi connectivity index (χ1n) is 10.5. The molecule has 170 valence electrons. The Morgan fingerprint density at radius 3 is 1.87 bits per heavy atom. The number of hydrogen-bond donors (Lipinski definition) is 3. The van der Waals surface area contributed by atoms with Gasteiger partial charge in [0.1, 0.15) is 5.84 Å². The SMILES string of the molecule is C.N=C(N)c1ccc(C(=O)N2CCC3(CCN(C(=O)CCCC(=O)O)CC3)CC2)cc1. The number of carbonyl (C=O) groups is 3. The molecule has 31 heavy (non-hydrogen) atoms. The average Bonchev–Trinajstić information content (AvgIpc) is 2.74. The van der Waals surface area contributed by atoms with Crippen LogP contribution in [0.25, 0.3) is 0 Å². The molecule has 4 N–H and O–H groups in total. The molecule has 0 atom stereocenters. The fraction of sp³-hybridized carbons (Fsp3) is 0.565. The smallest absolute Gasteiger partial charge is 0.303 e. The monoisotopic (exact) mass is 430 g/mol. The molecule has 1 aromatic carbocycles. The number of carboxylic acid groups (broad SMARTS) is 1. The molecule has 0 saturated carbocycles. The Morgan fingerprint density at radius 1 is 0.903 bits per heavy atom. The topological polar surface area (TPSA) is 128 Å². The number of carbonyl (C=O) groups excluding carboxylic acids is 2. The van der Waals surface area contributed by atoms with E-state index in [0.717, 1.165) is 25.7 Å². The highest BCUT2D eigenvalue weighted by Gasteiger charge is 2.39. The van der Waals surface area contributed by atoms with Crippen LogP contribution in [0, 0.1) is 10.8 Å². The van der Waals surface area contributed by atoms with Crippen molar-refractivity contribution in [1.29, 1.82) is 5.41 Å². The summed E-state index contributed by atoms with van der Waals surface area (Å²) in [5, 5.41) is 16.1. The van der Waals surface area contributed by atoms with E-state index in [-0.39, 0.29) is 36.9 Å². The standard InChI is InChI=1S/C22H30N4O4.CH4/c23-20(24)16-4-6-17(7-5-16)21(30)26-14-10-22(11-15-26)8-12-25(13-9-22)18(27)2-1-3-19(28)29;/h4-7H,1-3,8-15H2,(H3,23,24)(H,28,29);1H4. The summed E-state index contributed by atoms with van der Waals surface area (Å²) in [6, 6.07) is 6.84. The molecule has 2 amide bonds. The Labute approximate surface area is 183 Å². The third-order valence-electron chi connectivity index (χ3n) is 6.51. The summed E-state index contributed by atoms with van der Waals surface area (Å²) >= 11 is 0. The van der Waals surface area contributed by atoms with E-state index in [2.05, 4.69) is 0 Å². The summed E-state index contributed by atoms with van der Waals surface area (Å²) in [4.78, 5) is 39.4. The van der Waals surface area contributed by atoms with Crippen LogP contribution in [0.4, 0.5) is 0 Å². The molecule has 8 heteroatoms. The van der Waals surface area contributed by atoms with Crippen LogP contribution in [-0.4, -0.2) is 64.7 Å². The number of nitrogens with one attached hydrogen (secondary N) is 1. The molecule has 2 heterocycles. The van der Waals surface area contributed by atoms with E-state index in [1.54, 1.807) is 24.3 Å². The zero-order valence-corrected chi connectivity index (χ0v) is 17.2. The Balaban J connectivity index is 0.00000341. The highest BCUT2D eigenvalue weighted by Crippen LogP contribution is 2.41. The predicted molar refractivity (Wildman–Crippen MR) is 119 cm³/mol. The molecule has 1 spiro atoms. The van der Waals surface area contributed by atoms with Gasteiger partial charge in [0.05, 0.1) is 0 Å². The Bertz CT molecular complexity index is 803. The first-order chi connectivity index (χ1) is 14.3. The van der Waals surface area contributed by atoms with Gasteiger partial charge in [0.15, 0.2) is 0 Å². The third kappa shape index (κ3) is 6.06. The fourth-order valence-electron chi connectivity index (χ4n) is 4.44. The van der Waals surface area contributed by atoms with Crippen LogP contribution >= 0.6 is 0 Å². The lowest BCUT2D eigenvalue weighted by Gasteiger charge is -2.47. The first kappa shape index (κ1) is 24.4. The van der Waals surface area contributed by atoms with Gasteiger partial charge in [0, 0.05) is 50.1 Å². The number of carboxylic acids is 1. The molecule has 2 saturated heterocycles. The van der Waals surface area contributed by atoms with Gasteiger partial charge in [-0.2, -0.15) is 0 Å². The van der Waals surface area contributed by atoms with Crippen molar-refractivity contribution in [2.45, 2.75) is 52.4 Å². The zero-order chi connectivity index (χ0) is 21.7. The van der Waals surface area contributed by atoms with Gasteiger partial charge in [-0.15, -0.1) is 0 Å². The lowest BCUT2D eigenvalue weighted by Crippen LogP contribution is -2.49. The summed E-state index contributed by atoms with van der Waals surface area (Å²) < 4.78 is 0. The molecule has 0 unspecified atom stereocenters. The lowest BCUT2D eigenvalue weighted by molar-refractivity contribution is -0.137. The Kier molecular flexibility index (Phi) is 8.19. The molecule has 8 nitrogen and oxygen atoms in total. The second kappa shape index (κ2) is 10.4. The number of piperidine rings is 2. The van der Waals surface area contributed by atoms with Crippen LogP contribution in [0.5, 0.6) is 0 Å². The van der Waals surface area contributed by atoms with Crippen LogP contribution in [0.1, 0.15) is 68.3 Å². The maximum absolute atomic E-state index is 12.8. The Morgan fingerprint density at radius 2 is 1.39 bits per heavy atom. The van der Waals surface area contributed by atoms with E-state index in [4.69, 9.17) is 16.2 Å². The minimum Gasteiger partial charge on any atom is -0.481 e. The van der Waals surface area contributed by atoms with Crippen molar-refractivity contribution in [3.8, 4) is 0 Å². The van der Waals surface area contributed by atoms with Crippen molar-refractivity contribution in [3.05, 3.63) is 35.4 Å². The van der Waals surface area contributed by atoms with Gasteiger partial charge in [-0.3, -0.25) is 19.8 Å². The van der Waals surface area contributed by atoms with Gasteiger partial charge in [-0.05, 0) is 49.7 Å². The van der Waals surface area contributed by atoms with Crippen LogP contribution in [0.3, 0.4) is 0 Å². The van der Waals surface area contributed by atoms with Crippen LogP contribution in [-0.2, 0) is 9.59 Å². The quantitative estimate of drug-likeness (QED) is 0.472. The van der Waals surface area contributed by atoms with Crippen molar-refractivity contribution in [3.63, 3.8) is 0 Å². The fourth-order valence-corrected chi connectivity index (χ4v) is 4.44. The van der Waals surface area contributed by atoms with E-state index in [0.29, 0.717) is 50.1 Å². The van der Waals surface area contributed by atoms with Crippen LogP contribution < -0.4 is 5.73 Å². The number of hydrogen-bond acceptors (Lipinski definition) is 4. The molecular formula is C23H34N4O4. The molecule has 2 fully saturated rings. The van der Waals surface area contributed by atoms with Gasteiger partial charge in [-0.1, -0.05) is 19.6 Å². The number of amidine groups is 1. The molecule has 2 aliphatic rings. The molecule has 0 aromatic heterocycles. The van der Waals surface area contributed by atoms with Gasteiger partial charge >= 0.3 is 5.97 Å². The van der Waals surface area contributed by atoms with E-state index in [1.807, 2.05) is 9.80 Å². The maximum atomic E-state index is 12.8. The number of amides is 2. The van der Waals surface area contributed by atoms with Gasteiger partial charge < -0.3 is 20.6 Å². The van der Waals surface area contributed by atoms with Gasteiger partial charge in [-0.25, -0.2) is 0 Å². The van der Waals surface area contributed by atoms with Crippen molar-refractivity contribution in [1.82, 2.24) is 9.80 Å². The van der Waals surface area contributed by atoms with Crippen LogP contribution in [0.2, 0.25) is 0 Å². The van der Waals surface area contributed by atoms with E-state index in [9.17, 15) is 14.4 Å². The number of aliphatic carboxylic acids is 1. The average molecular weight is 431 g/mol. The van der Waals surface area contributed by atoms with E-state index >= 15 is 0 Å². The van der Waals surface area contributed by atoms with Crippen molar-refractivity contribution < 1.29 is 19.5 Å². The molecule has 3 rings (SSSR count). The van der Waals surface area contributed by atoms with E-state index in [1.165, 1.54) is 0 Å². The largest absolute Gasteiger partial charge is 0.481 e. The summed E-state index contributed by atoms with van der Waals surface area (Å²) in [6.07, 6.45) is 4.46. The van der Waals surface area contributed by atoms with Crippen LogP contribution in [0.15, 0.2) is 24.3 Å². The summed E-state index contributed by atoms with van der Waals surface area (Å²) in [6.45, 7) is 2.85. The number of rotatable bonds is 6. The highest BCUT2D eigenvalue weighted by molar-refractivity contribution is 5.98. The normalized spacial score (nSPS) is 17.7. The maximum Gasteiger partial charge on any atom is 0.303 e. The number of benzene rings is 1. The van der Waals surface area contributed by atoms with Gasteiger partial charge in [0.25, 0.3) is 5.91 Å². The van der Waals surface area contributed by atoms with Crippen molar-refractivity contribution in [2.75, 3.05) is 26.2 Å². The minimum absolute atomic E-state index is 0. The minimum atomic E-state index is -0.864. The molecule has 0 radical (unpaired) electrons. The third-order valence-corrected chi connectivity index (χ3v) is 6.51. The molecular weight excluding hydrogens is 396 g/mol. The second-order valence-corrected chi connectivity index (χ2v) is 8.41. The van der Waals surface area contributed by atoms with E-state index < -0.39 is 5.97 Å². The lowest BCUT2D eigenvalue weighted by atomic mass is 9.71. The number of nitrogen functional groups attached to an aromatic ring is 1. The summed E-state index contributed by atoms with van der Waals surface area (Å²) in [5.74, 6) is -0.823. The number of nitrogens with two attached hydrogens (primary N) is 1. The molecule has 1 aromatic rings. The second-order valence-electron chi connectivity index (χ2n) is 8.41. The number of nitrogens with zero attached hydrogens (tertiary/aromatic N) is 2. The zero-order valence-electron chi connectivity index (χ0n) is 17.2. The van der Waals surface area contributed by atoms with Crippen molar-refractivity contribution in [2.24, 2.45) is 11.1 Å². The first-order valence-corrected chi connectivity index (χ1v) is 10.5. The summed E-state index contributed by atoms with van der Waals surface area (Å²) in [7, 11) is 0. The molecule has 0 aliphatic carbocycles. The highest BCUT2D eigenvalue weighted by atomic mass is 16.4. The molecule has 2 aliphatic heterocycles.